The summed E-state index contributed by atoms with van der Waals surface area (Å²) in [7, 11) is 1.68. The maximum Gasteiger partial charge on any atom is 0.164 e. The van der Waals surface area contributed by atoms with Gasteiger partial charge in [-0.15, -0.1) is 0 Å². The molecule has 3 aromatic carbocycles. The Morgan fingerprint density at radius 1 is 0.969 bits per heavy atom. The molecule has 2 unspecified atom stereocenters. The predicted molar refractivity (Wildman–Crippen MR) is 128 cm³/mol. The highest BCUT2D eigenvalue weighted by Gasteiger charge is 2.29. The van der Waals surface area contributed by atoms with Gasteiger partial charge >= 0.3 is 0 Å². The average molecular weight is 432 g/mol. The average Bonchev–Trinajstić information content (AvgIpc) is 2.81. The van der Waals surface area contributed by atoms with Crippen molar-refractivity contribution in [2.24, 2.45) is 5.92 Å². The zero-order valence-electron chi connectivity index (χ0n) is 19.0. The summed E-state index contributed by atoms with van der Waals surface area (Å²) in [6.07, 6.45) is 1.24. The number of rotatable bonds is 8. The smallest absolute Gasteiger partial charge is 0.164 e. The number of para-hydroxylation sites is 1. The number of hydrogen-bond donors (Lipinski definition) is 1. The number of aryl methyl sites for hydroxylation is 1. The summed E-state index contributed by atoms with van der Waals surface area (Å²) in [6, 6.07) is 24.9. The van der Waals surface area contributed by atoms with Crippen LogP contribution in [0.2, 0.25) is 0 Å². The van der Waals surface area contributed by atoms with Gasteiger partial charge in [-0.25, -0.2) is 0 Å². The van der Waals surface area contributed by atoms with E-state index < -0.39 is 0 Å². The zero-order valence-corrected chi connectivity index (χ0v) is 19.0. The maximum absolute atomic E-state index is 10.8. The summed E-state index contributed by atoms with van der Waals surface area (Å²) < 4.78 is 11.9. The molecule has 0 bridgehead atoms. The molecule has 1 aliphatic rings. The Balaban J connectivity index is 1.48. The first-order chi connectivity index (χ1) is 15.6. The van der Waals surface area contributed by atoms with Crippen LogP contribution in [0.1, 0.15) is 28.7 Å². The van der Waals surface area contributed by atoms with Crippen molar-refractivity contribution in [3.63, 3.8) is 0 Å². The van der Waals surface area contributed by atoms with Gasteiger partial charge in [-0.2, -0.15) is 0 Å². The van der Waals surface area contributed by atoms with E-state index in [1.807, 2.05) is 18.2 Å². The third kappa shape index (κ3) is 5.70. The molecular weight excluding hydrogens is 398 g/mol. The number of aliphatic hydroxyl groups excluding tert-OH is 1. The second kappa shape index (κ2) is 10.7. The predicted octanol–water partition coefficient (Wildman–Crippen LogP) is 5.01. The van der Waals surface area contributed by atoms with Crippen molar-refractivity contribution in [2.45, 2.75) is 39.0 Å². The zero-order chi connectivity index (χ0) is 22.3. The van der Waals surface area contributed by atoms with Gasteiger partial charge in [-0.1, -0.05) is 72.3 Å². The molecule has 1 aliphatic heterocycles. The number of piperidine rings is 1. The Bertz CT molecular complexity index is 1000. The van der Waals surface area contributed by atoms with E-state index in [1.165, 1.54) is 11.1 Å². The Morgan fingerprint density at radius 3 is 2.53 bits per heavy atom. The highest BCUT2D eigenvalue weighted by Crippen LogP contribution is 2.35. The topological polar surface area (TPSA) is 41.9 Å². The van der Waals surface area contributed by atoms with Crippen LogP contribution in [0.5, 0.6) is 11.5 Å². The van der Waals surface area contributed by atoms with Crippen molar-refractivity contribution < 1.29 is 14.6 Å². The lowest BCUT2D eigenvalue weighted by Crippen LogP contribution is -2.43. The van der Waals surface area contributed by atoms with Crippen LogP contribution in [0.15, 0.2) is 72.8 Å². The standard InChI is InChI=1S/C28H33NO3/c1-21-8-6-11-23(16-21)20-32-28-24(12-7-13-27(28)31-2)17-25-19-29(15-14-26(25)30)18-22-9-4-3-5-10-22/h3-13,16,25-26,30H,14-15,17-20H2,1-2H3. The van der Waals surface area contributed by atoms with Crippen LogP contribution in [0.3, 0.4) is 0 Å². The number of ether oxygens (including phenoxy) is 2. The van der Waals surface area contributed by atoms with Crippen molar-refractivity contribution in [1.82, 2.24) is 4.90 Å². The molecule has 0 amide bonds. The van der Waals surface area contributed by atoms with Crippen molar-refractivity contribution in [1.29, 1.82) is 0 Å². The number of likely N-dealkylation sites (tertiary alicyclic amines) is 1. The monoisotopic (exact) mass is 431 g/mol. The fourth-order valence-electron chi connectivity index (χ4n) is 4.57. The summed E-state index contributed by atoms with van der Waals surface area (Å²) >= 11 is 0. The molecule has 1 heterocycles. The quantitative estimate of drug-likeness (QED) is 0.545. The fraction of sp³-hybridized carbons (Fsp3) is 0.357. The van der Waals surface area contributed by atoms with E-state index in [1.54, 1.807) is 7.11 Å². The minimum Gasteiger partial charge on any atom is -0.493 e. The molecule has 1 N–H and O–H groups in total. The molecule has 4 nitrogen and oxygen atoms in total. The van der Waals surface area contributed by atoms with Crippen LogP contribution >= 0.6 is 0 Å². The lowest BCUT2D eigenvalue weighted by molar-refractivity contribution is 0.0236. The van der Waals surface area contributed by atoms with Gasteiger partial charge in [-0.05, 0) is 42.5 Å². The molecule has 0 spiro atoms. The van der Waals surface area contributed by atoms with E-state index in [4.69, 9.17) is 9.47 Å². The van der Waals surface area contributed by atoms with Crippen molar-refractivity contribution in [3.8, 4) is 11.5 Å². The number of aliphatic hydroxyl groups is 1. The van der Waals surface area contributed by atoms with Gasteiger partial charge in [0, 0.05) is 25.6 Å². The van der Waals surface area contributed by atoms with Gasteiger partial charge in [0.1, 0.15) is 6.61 Å². The van der Waals surface area contributed by atoms with E-state index >= 15 is 0 Å². The van der Waals surface area contributed by atoms with Gasteiger partial charge in [0.15, 0.2) is 11.5 Å². The highest BCUT2D eigenvalue weighted by molar-refractivity contribution is 5.47. The van der Waals surface area contributed by atoms with Crippen LogP contribution in [0.4, 0.5) is 0 Å². The third-order valence-electron chi connectivity index (χ3n) is 6.26. The molecule has 2 atom stereocenters. The number of nitrogens with zero attached hydrogens (tertiary/aromatic N) is 1. The fourth-order valence-corrected chi connectivity index (χ4v) is 4.57. The normalized spacial score (nSPS) is 19.0. The molecule has 0 radical (unpaired) electrons. The first-order valence-electron chi connectivity index (χ1n) is 11.4. The van der Waals surface area contributed by atoms with E-state index in [9.17, 15) is 5.11 Å². The summed E-state index contributed by atoms with van der Waals surface area (Å²) in [6.45, 7) is 5.27. The molecule has 1 saturated heterocycles. The van der Waals surface area contributed by atoms with Gasteiger partial charge < -0.3 is 14.6 Å². The van der Waals surface area contributed by atoms with Crippen molar-refractivity contribution >= 4 is 0 Å². The van der Waals surface area contributed by atoms with Crippen molar-refractivity contribution in [3.05, 3.63) is 95.1 Å². The van der Waals surface area contributed by atoms with Crippen LogP contribution < -0.4 is 9.47 Å². The van der Waals surface area contributed by atoms with Crippen LogP contribution in [-0.2, 0) is 19.6 Å². The first kappa shape index (κ1) is 22.4. The molecule has 32 heavy (non-hydrogen) atoms. The summed E-state index contributed by atoms with van der Waals surface area (Å²) in [5.41, 5.74) is 4.75. The maximum atomic E-state index is 10.8. The molecule has 0 saturated carbocycles. The number of hydrogen-bond acceptors (Lipinski definition) is 4. The molecule has 4 rings (SSSR count). The SMILES string of the molecule is COc1cccc(CC2CN(Cc3ccccc3)CCC2O)c1OCc1cccc(C)c1. The lowest BCUT2D eigenvalue weighted by atomic mass is 9.88. The van der Waals surface area contributed by atoms with Crippen LogP contribution in [0.25, 0.3) is 0 Å². The Morgan fingerprint density at radius 2 is 1.75 bits per heavy atom. The minimum atomic E-state index is -0.308. The first-order valence-corrected chi connectivity index (χ1v) is 11.4. The number of benzene rings is 3. The Labute approximate surface area is 191 Å². The van der Waals surface area contributed by atoms with Crippen LogP contribution in [-0.4, -0.2) is 36.3 Å². The van der Waals surface area contributed by atoms with E-state index in [0.29, 0.717) is 6.61 Å². The van der Waals surface area contributed by atoms with E-state index in [-0.39, 0.29) is 12.0 Å². The van der Waals surface area contributed by atoms with Gasteiger partial charge in [0.25, 0.3) is 0 Å². The van der Waals surface area contributed by atoms with E-state index in [2.05, 4.69) is 66.4 Å². The lowest BCUT2D eigenvalue weighted by Gasteiger charge is -2.36. The summed E-state index contributed by atoms with van der Waals surface area (Å²) in [4.78, 5) is 2.44. The van der Waals surface area contributed by atoms with Gasteiger partial charge in [0.05, 0.1) is 13.2 Å². The molecule has 3 aromatic rings. The van der Waals surface area contributed by atoms with E-state index in [0.717, 1.165) is 55.1 Å². The molecular formula is C28H33NO3. The third-order valence-corrected chi connectivity index (χ3v) is 6.26. The Kier molecular flexibility index (Phi) is 7.46. The van der Waals surface area contributed by atoms with Crippen molar-refractivity contribution in [2.75, 3.05) is 20.2 Å². The minimum absolute atomic E-state index is 0.154. The second-order valence-electron chi connectivity index (χ2n) is 8.77. The molecule has 1 fully saturated rings. The summed E-state index contributed by atoms with van der Waals surface area (Å²) in [5, 5.41) is 10.8. The highest BCUT2D eigenvalue weighted by atomic mass is 16.5. The molecule has 0 aliphatic carbocycles. The molecule has 4 heteroatoms. The van der Waals surface area contributed by atoms with Gasteiger partial charge in [0.2, 0.25) is 0 Å². The van der Waals surface area contributed by atoms with Gasteiger partial charge in [-0.3, -0.25) is 4.90 Å². The largest absolute Gasteiger partial charge is 0.493 e. The molecule has 0 aromatic heterocycles. The second-order valence-corrected chi connectivity index (χ2v) is 8.77. The van der Waals surface area contributed by atoms with Crippen LogP contribution in [0, 0.1) is 12.8 Å². The molecule has 168 valence electrons. The number of methoxy groups -OCH3 is 1. The summed E-state index contributed by atoms with van der Waals surface area (Å²) in [5.74, 6) is 1.67. The Hall–Kier alpha value is -2.82.